The molecule has 0 spiro atoms. The molecule has 1 unspecified atom stereocenters. The molecule has 0 aromatic heterocycles. The highest BCUT2D eigenvalue weighted by atomic mass is 16.6. The van der Waals surface area contributed by atoms with Crippen molar-refractivity contribution in [1.82, 2.24) is 4.90 Å². The summed E-state index contributed by atoms with van der Waals surface area (Å²) in [6.45, 7) is 5.16. The zero-order valence-electron chi connectivity index (χ0n) is 13.9. The van der Waals surface area contributed by atoms with Crippen LogP contribution in [0.15, 0.2) is 43.0 Å². The number of esters is 1. The van der Waals surface area contributed by atoms with E-state index in [1.807, 2.05) is 30.3 Å². The van der Waals surface area contributed by atoms with E-state index in [0.717, 1.165) is 10.5 Å². The lowest BCUT2D eigenvalue weighted by atomic mass is 9.78. The lowest BCUT2D eigenvalue weighted by molar-refractivity contribution is -0.150. The monoisotopic (exact) mass is 331 g/mol. The fraction of sp³-hybridized carbons (Fsp3) is 0.389. The molecule has 0 radical (unpaired) electrons. The van der Waals surface area contributed by atoms with E-state index >= 15 is 0 Å². The SMILES string of the molecule is C=CCC1(C)C(=O)CN(C(=O)OCc2ccccc2)[C@@H]1C(=O)OC. The minimum absolute atomic E-state index is 0.0659. The van der Waals surface area contributed by atoms with Crippen LogP contribution in [0.4, 0.5) is 4.79 Å². The van der Waals surface area contributed by atoms with Gasteiger partial charge in [0.05, 0.1) is 19.1 Å². The van der Waals surface area contributed by atoms with Crippen molar-refractivity contribution in [2.75, 3.05) is 13.7 Å². The van der Waals surface area contributed by atoms with Crippen LogP contribution in [0.25, 0.3) is 0 Å². The highest BCUT2D eigenvalue weighted by Gasteiger charge is 2.56. The van der Waals surface area contributed by atoms with Crippen molar-refractivity contribution in [3.05, 3.63) is 48.6 Å². The molecule has 0 bridgehead atoms. The number of likely N-dealkylation sites (tertiary alicyclic amines) is 1. The summed E-state index contributed by atoms with van der Waals surface area (Å²) in [6.07, 6.45) is 1.12. The maximum atomic E-state index is 12.4. The average Bonchev–Trinajstić information content (AvgIpc) is 2.85. The normalized spacial score (nSPS) is 23.0. The maximum absolute atomic E-state index is 12.4. The van der Waals surface area contributed by atoms with Gasteiger partial charge in [0, 0.05) is 0 Å². The lowest BCUT2D eigenvalue weighted by Gasteiger charge is -2.30. The number of ether oxygens (including phenoxy) is 2. The van der Waals surface area contributed by atoms with Gasteiger partial charge < -0.3 is 9.47 Å². The molecular weight excluding hydrogens is 310 g/mol. The van der Waals surface area contributed by atoms with E-state index in [9.17, 15) is 14.4 Å². The Morgan fingerprint density at radius 3 is 2.62 bits per heavy atom. The summed E-state index contributed by atoms with van der Waals surface area (Å²) in [4.78, 5) is 38.1. The maximum Gasteiger partial charge on any atom is 0.411 e. The number of hydrogen-bond donors (Lipinski definition) is 0. The molecule has 2 rings (SSSR count). The van der Waals surface area contributed by atoms with Gasteiger partial charge in [0.2, 0.25) is 0 Å². The Labute approximate surface area is 141 Å². The van der Waals surface area contributed by atoms with Gasteiger partial charge in [-0.2, -0.15) is 0 Å². The molecule has 1 heterocycles. The van der Waals surface area contributed by atoms with Crippen molar-refractivity contribution in [2.24, 2.45) is 5.41 Å². The quantitative estimate of drug-likeness (QED) is 0.611. The third-order valence-electron chi connectivity index (χ3n) is 4.30. The van der Waals surface area contributed by atoms with Crippen LogP contribution in [-0.4, -0.2) is 42.4 Å². The van der Waals surface area contributed by atoms with E-state index in [2.05, 4.69) is 6.58 Å². The Kier molecular flexibility index (Phi) is 5.39. The van der Waals surface area contributed by atoms with Crippen LogP contribution in [-0.2, 0) is 25.7 Å². The summed E-state index contributed by atoms with van der Waals surface area (Å²) in [5.41, 5.74) is -0.236. The molecule has 1 amide bonds. The number of carbonyl (C=O) groups excluding carboxylic acids is 3. The molecule has 6 heteroatoms. The van der Waals surface area contributed by atoms with E-state index in [1.165, 1.54) is 7.11 Å². The first-order valence-corrected chi connectivity index (χ1v) is 7.63. The molecule has 0 aliphatic carbocycles. The number of methoxy groups -OCH3 is 1. The second-order valence-corrected chi connectivity index (χ2v) is 5.93. The minimum atomic E-state index is -1.05. The Bertz CT molecular complexity index is 642. The second kappa shape index (κ2) is 7.29. The summed E-state index contributed by atoms with van der Waals surface area (Å²) < 4.78 is 10.1. The van der Waals surface area contributed by atoms with Crippen molar-refractivity contribution in [3.8, 4) is 0 Å². The highest BCUT2D eigenvalue weighted by molar-refractivity contribution is 6.00. The Morgan fingerprint density at radius 2 is 2.04 bits per heavy atom. The van der Waals surface area contributed by atoms with Gasteiger partial charge in [-0.15, -0.1) is 6.58 Å². The molecule has 24 heavy (non-hydrogen) atoms. The van der Waals surface area contributed by atoms with Crippen LogP contribution >= 0.6 is 0 Å². The highest BCUT2D eigenvalue weighted by Crippen LogP contribution is 2.38. The number of hydrogen-bond acceptors (Lipinski definition) is 5. The molecule has 6 nitrogen and oxygen atoms in total. The Balaban J connectivity index is 2.17. The van der Waals surface area contributed by atoms with E-state index in [4.69, 9.17) is 9.47 Å². The van der Waals surface area contributed by atoms with Crippen LogP contribution < -0.4 is 0 Å². The van der Waals surface area contributed by atoms with Crippen molar-refractivity contribution < 1.29 is 23.9 Å². The molecule has 1 fully saturated rings. The second-order valence-electron chi connectivity index (χ2n) is 5.93. The molecule has 0 N–H and O–H groups in total. The number of ketones is 1. The molecule has 1 aliphatic heterocycles. The van der Waals surface area contributed by atoms with Crippen molar-refractivity contribution in [3.63, 3.8) is 0 Å². The first-order valence-electron chi connectivity index (χ1n) is 7.63. The van der Waals surface area contributed by atoms with Crippen LogP contribution in [0, 0.1) is 5.41 Å². The molecule has 1 aromatic carbocycles. The number of carbonyl (C=O) groups is 3. The summed E-state index contributed by atoms with van der Waals surface area (Å²) in [6, 6.07) is 8.15. The Hall–Kier alpha value is -2.63. The lowest BCUT2D eigenvalue weighted by Crippen LogP contribution is -2.48. The van der Waals surface area contributed by atoms with Gasteiger partial charge in [0.15, 0.2) is 5.78 Å². The molecule has 0 saturated carbocycles. The molecule has 1 saturated heterocycles. The molecule has 1 aromatic rings. The van der Waals surface area contributed by atoms with Gasteiger partial charge >= 0.3 is 12.1 Å². The van der Waals surface area contributed by atoms with Crippen LogP contribution in [0.3, 0.4) is 0 Å². The standard InChI is InChI=1S/C18H21NO5/c1-4-10-18(2)14(20)11-19(15(18)16(21)23-3)17(22)24-12-13-8-6-5-7-9-13/h4-9,15H,1,10-12H2,2-3H3/t15-,18?/m1/s1. The van der Waals surface area contributed by atoms with Crippen molar-refractivity contribution in [2.45, 2.75) is 26.0 Å². The first-order chi connectivity index (χ1) is 11.4. The van der Waals surface area contributed by atoms with Gasteiger partial charge in [-0.1, -0.05) is 36.4 Å². The van der Waals surface area contributed by atoms with Crippen LogP contribution in [0.5, 0.6) is 0 Å². The fourth-order valence-corrected chi connectivity index (χ4v) is 2.92. The summed E-state index contributed by atoms with van der Waals surface area (Å²) in [5.74, 6) is -0.851. The molecule has 2 atom stereocenters. The number of nitrogens with zero attached hydrogens (tertiary/aromatic N) is 1. The zero-order chi connectivity index (χ0) is 17.7. The molecule has 1 aliphatic rings. The van der Waals surface area contributed by atoms with Crippen molar-refractivity contribution >= 4 is 17.8 Å². The predicted octanol–water partition coefficient (Wildman–Crippen LogP) is 2.33. The van der Waals surface area contributed by atoms with Gasteiger partial charge in [-0.3, -0.25) is 9.69 Å². The molecule has 128 valence electrons. The summed E-state index contributed by atoms with van der Waals surface area (Å²) in [5, 5.41) is 0. The Morgan fingerprint density at radius 1 is 1.38 bits per heavy atom. The first kappa shape index (κ1) is 17.7. The van der Waals surface area contributed by atoms with Gasteiger partial charge in [0.1, 0.15) is 12.6 Å². The zero-order valence-corrected chi connectivity index (χ0v) is 13.9. The van der Waals surface area contributed by atoms with Gasteiger partial charge in [0.25, 0.3) is 0 Å². The summed E-state index contributed by atoms with van der Waals surface area (Å²) in [7, 11) is 1.23. The fourth-order valence-electron chi connectivity index (χ4n) is 2.92. The third-order valence-corrected chi connectivity index (χ3v) is 4.30. The van der Waals surface area contributed by atoms with Crippen LogP contribution in [0.1, 0.15) is 18.9 Å². The third kappa shape index (κ3) is 3.32. The summed E-state index contributed by atoms with van der Waals surface area (Å²) >= 11 is 0. The van der Waals surface area contributed by atoms with E-state index in [1.54, 1.807) is 13.0 Å². The topological polar surface area (TPSA) is 72.9 Å². The van der Waals surface area contributed by atoms with E-state index in [-0.39, 0.29) is 25.4 Å². The largest absolute Gasteiger partial charge is 0.467 e. The number of Topliss-reactive ketones (excluding diaryl/α,β-unsaturated/α-hetero) is 1. The minimum Gasteiger partial charge on any atom is -0.467 e. The molecular formula is C18H21NO5. The number of allylic oxidation sites excluding steroid dienone is 1. The van der Waals surface area contributed by atoms with Crippen LogP contribution in [0.2, 0.25) is 0 Å². The van der Waals surface area contributed by atoms with E-state index < -0.39 is 23.5 Å². The average molecular weight is 331 g/mol. The number of benzene rings is 1. The number of amides is 1. The predicted molar refractivity (Wildman–Crippen MR) is 87.1 cm³/mol. The van der Waals surface area contributed by atoms with Gasteiger partial charge in [-0.05, 0) is 18.9 Å². The smallest absolute Gasteiger partial charge is 0.411 e. The van der Waals surface area contributed by atoms with Crippen molar-refractivity contribution in [1.29, 1.82) is 0 Å². The van der Waals surface area contributed by atoms with E-state index in [0.29, 0.717) is 0 Å². The van der Waals surface area contributed by atoms with Gasteiger partial charge in [-0.25, -0.2) is 9.59 Å². The number of rotatable bonds is 5.